The fraction of sp³-hybridized carbons (Fsp3) is 1.00. The van der Waals surface area contributed by atoms with E-state index < -0.39 is 30.5 Å². The first-order valence-corrected chi connectivity index (χ1v) is 3.44. The molecule has 0 unspecified atom stereocenters. The second-order valence-electron chi connectivity index (χ2n) is 3.07. The molecular weight excluding hydrogens is 181 g/mol. The van der Waals surface area contributed by atoms with E-state index in [-0.39, 0.29) is 6.42 Å². The summed E-state index contributed by atoms with van der Waals surface area (Å²) in [6.07, 6.45) is -6.33. The van der Waals surface area contributed by atoms with Crippen LogP contribution in [0.25, 0.3) is 0 Å². The number of nitrogens with two attached hydrogens (primary N) is 1. The number of hydrogen-bond donors (Lipinski definition) is 1. The average molecular weight is 189 g/mol. The Morgan fingerprint density at radius 3 is 1.83 bits per heavy atom. The maximum Gasteiger partial charge on any atom is 0.453 e. The van der Waals surface area contributed by atoms with Gasteiger partial charge in [0.25, 0.3) is 0 Å². The summed E-state index contributed by atoms with van der Waals surface area (Å²) in [4.78, 5) is 0. The molecule has 72 valence electrons. The van der Waals surface area contributed by atoms with Crippen molar-refractivity contribution in [3.63, 3.8) is 0 Å². The third-order valence-corrected chi connectivity index (χ3v) is 1.91. The van der Waals surface area contributed by atoms with Crippen LogP contribution >= 0.6 is 0 Å². The van der Waals surface area contributed by atoms with Crippen molar-refractivity contribution < 1.29 is 22.0 Å². The van der Waals surface area contributed by atoms with Gasteiger partial charge in [-0.3, -0.25) is 0 Å². The normalized spacial score (nSPS) is 30.5. The molecule has 0 bridgehead atoms. The van der Waals surface area contributed by atoms with E-state index >= 15 is 0 Å². The minimum atomic E-state index is -5.44. The molecule has 0 radical (unpaired) electrons. The molecule has 1 aliphatic carbocycles. The molecule has 12 heavy (non-hydrogen) atoms. The Morgan fingerprint density at radius 2 is 1.58 bits per heavy atom. The van der Waals surface area contributed by atoms with Crippen molar-refractivity contribution in [2.24, 2.45) is 11.7 Å². The summed E-state index contributed by atoms with van der Waals surface area (Å²) in [6, 6.07) is -0.474. The van der Waals surface area contributed by atoms with Gasteiger partial charge in [0.2, 0.25) is 0 Å². The second-order valence-corrected chi connectivity index (χ2v) is 3.07. The van der Waals surface area contributed by atoms with Gasteiger partial charge in [-0.05, 0) is 12.3 Å². The third kappa shape index (κ3) is 1.85. The highest BCUT2D eigenvalue weighted by Gasteiger charge is 2.60. The van der Waals surface area contributed by atoms with Crippen LogP contribution < -0.4 is 5.73 Å². The van der Waals surface area contributed by atoms with Gasteiger partial charge in [0.15, 0.2) is 0 Å². The summed E-state index contributed by atoms with van der Waals surface area (Å²) in [5.74, 6) is -5.24. The molecule has 1 saturated carbocycles. The number of rotatable bonds is 2. The third-order valence-electron chi connectivity index (χ3n) is 1.91. The summed E-state index contributed by atoms with van der Waals surface area (Å²) in [5, 5.41) is 0. The quantitative estimate of drug-likeness (QED) is 0.660. The van der Waals surface area contributed by atoms with Crippen LogP contribution in [-0.4, -0.2) is 18.1 Å². The molecule has 0 amide bonds. The van der Waals surface area contributed by atoms with Crippen LogP contribution in [-0.2, 0) is 0 Å². The monoisotopic (exact) mass is 189 g/mol. The van der Waals surface area contributed by atoms with Gasteiger partial charge in [-0.15, -0.1) is 0 Å². The molecule has 1 aliphatic rings. The fourth-order valence-electron chi connectivity index (χ4n) is 0.951. The van der Waals surface area contributed by atoms with Crippen LogP contribution in [0.1, 0.15) is 12.8 Å². The Hall–Kier alpha value is -0.390. The summed E-state index contributed by atoms with van der Waals surface area (Å²) >= 11 is 0. The van der Waals surface area contributed by atoms with Crippen molar-refractivity contribution in [1.82, 2.24) is 0 Å². The Labute approximate surface area is 65.7 Å². The second kappa shape index (κ2) is 2.55. The van der Waals surface area contributed by atoms with Crippen molar-refractivity contribution in [3.8, 4) is 0 Å². The van der Waals surface area contributed by atoms with Gasteiger partial charge in [0.05, 0.1) is 0 Å². The molecule has 1 nitrogen and oxygen atoms in total. The van der Waals surface area contributed by atoms with Gasteiger partial charge in [-0.1, -0.05) is 0 Å². The summed E-state index contributed by atoms with van der Waals surface area (Å²) in [6.45, 7) is 0. The molecule has 2 atom stereocenters. The predicted octanol–water partition coefficient (Wildman–Crippen LogP) is 1.92. The maximum atomic E-state index is 12.2. The van der Waals surface area contributed by atoms with E-state index in [0.29, 0.717) is 0 Å². The van der Waals surface area contributed by atoms with E-state index in [0.717, 1.165) is 0 Å². The van der Waals surface area contributed by atoms with Gasteiger partial charge in [-0.2, -0.15) is 22.0 Å². The SMILES string of the molecule is N[C@@H]1C[C@H]1CC(F)(F)C(F)(F)F. The summed E-state index contributed by atoms with van der Waals surface area (Å²) in [7, 11) is 0. The number of alkyl halides is 5. The number of hydrogen-bond acceptors (Lipinski definition) is 1. The fourth-order valence-corrected chi connectivity index (χ4v) is 0.951. The van der Waals surface area contributed by atoms with Crippen molar-refractivity contribution in [2.75, 3.05) is 0 Å². The largest absolute Gasteiger partial charge is 0.453 e. The summed E-state index contributed by atoms with van der Waals surface area (Å²) < 4.78 is 59.1. The molecule has 6 heteroatoms. The first-order chi connectivity index (χ1) is 5.24. The molecule has 0 aromatic heterocycles. The van der Waals surface area contributed by atoms with Crippen LogP contribution in [0.15, 0.2) is 0 Å². The molecule has 0 aliphatic heterocycles. The molecule has 0 saturated heterocycles. The van der Waals surface area contributed by atoms with E-state index in [4.69, 9.17) is 5.73 Å². The van der Waals surface area contributed by atoms with Crippen LogP contribution in [0, 0.1) is 5.92 Å². The first-order valence-electron chi connectivity index (χ1n) is 3.44. The van der Waals surface area contributed by atoms with Crippen LogP contribution in [0.2, 0.25) is 0 Å². The Kier molecular flexibility index (Phi) is 2.06. The first kappa shape index (κ1) is 9.70. The lowest BCUT2D eigenvalue weighted by molar-refractivity contribution is -0.285. The lowest BCUT2D eigenvalue weighted by Crippen LogP contribution is -2.37. The molecule has 1 fully saturated rings. The van der Waals surface area contributed by atoms with Gasteiger partial charge < -0.3 is 5.73 Å². The molecule has 2 N–H and O–H groups in total. The van der Waals surface area contributed by atoms with Crippen LogP contribution in [0.3, 0.4) is 0 Å². The minimum Gasteiger partial charge on any atom is -0.327 e. The highest BCUT2D eigenvalue weighted by Crippen LogP contribution is 2.45. The molecule has 0 spiro atoms. The maximum absolute atomic E-state index is 12.2. The smallest absolute Gasteiger partial charge is 0.327 e. The zero-order chi connectivity index (χ0) is 9.57. The molecular formula is C6H8F5N. The molecule has 0 aromatic rings. The standard InChI is InChI=1S/C6H8F5N/c7-5(8,6(9,10)11)2-3-1-4(3)12/h3-4H,1-2,12H2/t3-,4+/m0/s1. The van der Waals surface area contributed by atoms with Gasteiger partial charge in [-0.25, -0.2) is 0 Å². The predicted molar refractivity (Wildman–Crippen MR) is 31.7 cm³/mol. The van der Waals surface area contributed by atoms with E-state index in [9.17, 15) is 22.0 Å². The van der Waals surface area contributed by atoms with E-state index in [2.05, 4.69) is 0 Å². The van der Waals surface area contributed by atoms with E-state index in [1.165, 1.54) is 0 Å². The Balaban J connectivity index is 2.48. The zero-order valence-electron chi connectivity index (χ0n) is 6.04. The van der Waals surface area contributed by atoms with Gasteiger partial charge in [0.1, 0.15) is 0 Å². The van der Waals surface area contributed by atoms with Crippen LogP contribution in [0.4, 0.5) is 22.0 Å². The van der Waals surface area contributed by atoms with Crippen molar-refractivity contribution in [3.05, 3.63) is 0 Å². The lowest BCUT2D eigenvalue weighted by atomic mass is 10.1. The lowest BCUT2D eigenvalue weighted by Gasteiger charge is -2.18. The van der Waals surface area contributed by atoms with Crippen molar-refractivity contribution >= 4 is 0 Å². The van der Waals surface area contributed by atoms with Gasteiger partial charge >= 0.3 is 12.1 Å². The number of halogens is 5. The zero-order valence-corrected chi connectivity index (χ0v) is 6.04. The highest BCUT2D eigenvalue weighted by molar-refractivity contribution is 4.95. The topological polar surface area (TPSA) is 26.0 Å². The van der Waals surface area contributed by atoms with E-state index in [1.807, 2.05) is 0 Å². The Bertz CT molecular complexity index is 175. The van der Waals surface area contributed by atoms with Crippen LogP contribution in [0.5, 0.6) is 0 Å². The minimum absolute atomic E-state index is 0.270. The summed E-state index contributed by atoms with van der Waals surface area (Å²) in [5.41, 5.74) is 5.12. The molecule has 0 heterocycles. The molecule has 0 aromatic carbocycles. The highest BCUT2D eigenvalue weighted by atomic mass is 19.4. The Morgan fingerprint density at radius 1 is 1.17 bits per heavy atom. The average Bonchev–Trinajstić information content (AvgIpc) is 2.41. The van der Waals surface area contributed by atoms with Crippen molar-refractivity contribution in [2.45, 2.75) is 31.0 Å². The van der Waals surface area contributed by atoms with Crippen molar-refractivity contribution in [1.29, 1.82) is 0 Å². The molecule has 1 rings (SSSR count). The van der Waals surface area contributed by atoms with Gasteiger partial charge in [0, 0.05) is 12.5 Å². The van der Waals surface area contributed by atoms with E-state index in [1.54, 1.807) is 0 Å².